The van der Waals surface area contributed by atoms with E-state index in [1.165, 1.54) is 39.7 Å². The van der Waals surface area contributed by atoms with Gasteiger partial charge in [-0.05, 0) is 59.9 Å². The Morgan fingerprint density at radius 2 is 1.89 bits per heavy atom. The van der Waals surface area contributed by atoms with Gasteiger partial charge in [0, 0.05) is 35.2 Å². The van der Waals surface area contributed by atoms with Gasteiger partial charge in [-0.3, -0.25) is 0 Å². The normalized spacial score (nSPS) is 24.6. The summed E-state index contributed by atoms with van der Waals surface area (Å²) in [7, 11) is 1.73. The Hall–Kier alpha value is -2.52. The number of methoxy groups -OCH3 is 1. The predicted octanol–water partition coefficient (Wildman–Crippen LogP) is 5.29. The number of ether oxygens (including phenoxy) is 1. The lowest BCUT2D eigenvalue weighted by Gasteiger charge is -2.36. The van der Waals surface area contributed by atoms with E-state index in [1.807, 2.05) is 0 Å². The van der Waals surface area contributed by atoms with E-state index in [-0.39, 0.29) is 0 Å². The summed E-state index contributed by atoms with van der Waals surface area (Å²) in [5.41, 5.74) is 7.01. The van der Waals surface area contributed by atoms with Crippen LogP contribution in [0, 0.1) is 5.92 Å². The van der Waals surface area contributed by atoms with Crippen LogP contribution in [-0.4, -0.2) is 24.7 Å². The second kappa shape index (κ2) is 7.14. The average molecular weight is 373 g/mol. The second-order valence-corrected chi connectivity index (χ2v) is 8.34. The van der Waals surface area contributed by atoms with Gasteiger partial charge in [0.05, 0.1) is 7.11 Å². The number of aromatic nitrogens is 1. The fourth-order valence-corrected chi connectivity index (χ4v) is 5.19. The van der Waals surface area contributed by atoms with Crippen LogP contribution in [0.5, 0.6) is 5.75 Å². The molecule has 1 aromatic heterocycles. The summed E-state index contributed by atoms with van der Waals surface area (Å²) in [6.07, 6.45) is 5.86. The van der Waals surface area contributed by atoms with Crippen molar-refractivity contribution in [3.05, 3.63) is 71.4 Å². The molecule has 144 valence electrons. The molecule has 0 fully saturated rings. The summed E-state index contributed by atoms with van der Waals surface area (Å²) in [6.45, 7) is 3.34. The van der Waals surface area contributed by atoms with E-state index in [2.05, 4.69) is 71.8 Å². The van der Waals surface area contributed by atoms with E-state index in [9.17, 15) is 0 Å². The molecule has 0 amide bonds. The van der Waals surface area contributed by atoms with Gasteiger partial charge in [0.2, 0.25) is 0 Å². The molecular weight excluding hydrogens is 344 g/mol. The van der Waals surface area contributed by atoms with E-state index < -0.39 is 0 Å². The van der Waals surface area contributed by atoms with Crippen molar-refractivity contribution < 1.29 is 4.74 Å². The standard InChI is InChI=1S/C25H28N2O/c1-16-12-19(23-14-18(10-11-26-23)17-6-4-3-5-7-17)13-22-21-9-8-20(28-2)15-24(21)27-25(16)22/h3-10,15-16,19,23,26-27H,11-14H2,1-2H3. The Labute approximate surface area is 166 Å². The maximum atomic E-state index is 5.42. The monoisotopic (exact) mass is 372 g/mol. The lowest BCUT2D eigenvalue weighted by molar-refractivity contribution is 0.306. The smallest absolute Gasteiger partial charge is 0.120 e. The molecule has 2 aromatic carbocycles. The number of nitrogens with one attached hydrogen (secondary N) is 2. The van der Waals surface area contributed by atoms with E-state index >= 15 is 0 Å². The Balaban J connectivity index is 1.42. The zero-order chi connectivity index (χ0) is 19.1. The number of rotatable bonds is 3. The summed E-state index contributed by atoms with van der Waals surface area (Å²) in [6, 6.07) is 17.8. The van der Waals surface area contributed by atoms with Crippen LogP contribution in [-0.2, 0) is 6.42 Å². The van der Waals surface area contributed by atoms with Crippen molar-refractivity contribution in [1.82, 2.24) is 10.3 Å². The Bertz CT molecular complexity index is 1020. The number of hydrogen-bond acceptors (Lipinski definition) is 2. The van der Waals surface area contributed by atoms with E-state index in [4.69, 9.17) is 4.74 Å². The molecule has 0 radical (unpaired) electrons. The lowest BCUT2D eigenvalue weighted by Crippen LogP contribution is -2.41. The molecule has 3 aromatic rings. The number of hydrogen-bond donors (Lipinski definition) is 2. The van der Waals surface area contributed by atoms with Crippen molar-refractivity contribution in [3.8, 4) is 5.75 Å². The molecule has 0 saturated carbocycles. The minimum Gasteiger partial charge on any atom is -0.497 e. The molecule has 2 N–H and O–H groups in total. The highest BCUT2D eigenvalue weighted by atomic mass is 16.5. The third kappa shape index (κ3) is 3.04. The Morgan fingerprint density at radius 1 is 1.04 bits per heavy atom. The molecule has 3 unspecified atom stereocenters. The van der Waals surface area contributed by atoms with E-state index in [1.54, 1.807) is 7.11 Å². The van der Waals surface area contributed by atoms with Gasteiger partial charge in [0.25, 0.3) is 0 Å². The topological polar surface area (TPSA) is 37.0 Å². The molecule has 2 aliphatic rings. The predicted molar refractivity (Wildman–Crippen MR) is 116 cm³/mol. The van der Waals surface area contributed by atoms with Crippen molar-refractivity contribution in [2.75, 3.05) is 13.7 Å². The first kappa shape index (κ1) is 17.6. The van der Waals surface area contributed by atoms with Crippen LogP contribution in [0.3, 0.4) is 0 Å². The zero-order valence-corrected chi connectivity index (χ0v) is 16.7. The Morgan fingerprint density at radius 3 is 2.71 bits per heavy atom. The van der Waals surface area contributed by atoms with E-state index in [0.717, 1.165) is 25.1 Å². The van der Waals surface area contributed by atoms with Gasteiger partial charge < -0.3 is 15.0 Å². The molecule has 0 bridgehead atoms. The van der Waals surface area contributed by atoms with Crippen LogP contribution < -0.4 is 10.1 Å². The molecule has 1 aliphatic heterocycles. The maximum absolute atomic E-state index is 5.42. The van der Waals surface area contributed by atoms with Gasteiger partial charge in [-0.1, -0.05) is 43.3 Å². The summed E-state index contributed by atoms with van der Waals surface area (Å²) in [5.74, 6) is 2.14. The van der Waals surface area contributed by atoms with E-state index in [0.29, 0.717) is 17.9 Å². The minimum atomic E-state index is 0.541. The van der Waals surface area contributed by atoms with Gasteiger partial charge in [-0.25, -0.2) is 0 Å². The molecule has 2 heterocycles. The fourth-order valence-electron chi connectivity index (χ4n) is 5.19. The van der Waals surface area contributed by atoms with Crippen molar-refractivity contribution in [3.63, 3.8) is 0 Å². The zero-order valence-electron chi connectivity index (χ0n) is 16.7. The minimum absolute atomic E-state index is 0.541. The van der Waals surface area contributed by atoms with Crippen molar-refractivity contribution in [2.45, 2.75) is 38.1 Å². The summed E-state index contributed by atoms with van der Waals surface area (Å²) in [5, 5.41) is 5.15. The number of fused-ring (bicyclic) bond motifs is 3. The summed E-state index contributed by atoms with van der Waals surface area (Å²) < 4.78 is 5.42. The number of aromatic amines is 1. The van der Waals surface area contributed by atoms with Crippen LogP contribution in [0.15, 0.2) is 54.6 Å². The second-order valence-electron chi connectivity index (χ2n) is 8.34. The number of H-pyrrole nitrogens is 1. The van der Waals surface area contributed by atoms with Gasteiger partial charge in [0.1, 0.15) is 5.75 Å². The third-order valence-corrected chi connectivity index (χ3v) is 6.64. The molecule has 3 nitrogen and oxygen atoms in total. The van der Waals surface area contributed by atoms with Crippen LogP contribution in [0.2, 0.25) is 0 Å². The van der Waals surface area contributed by atoms with Gasteiger partial charge in [-0.15, -0.1) is 0 Å². The van der Waals surface area contributed by atoms with Gasteiger partial charge >= 0.3 is 0 Å². The first-order chi connectivity index (χ1) is 13.7. The molecule has 3 atom stereocenters. The third-order valence-electron chi connectivity index (χ3n) is 6.64. The van der Waals surface area contributed by atoms with Gasteiger partial charge in [-0.2, -0.15) is 0 Å². The highest BCUT2D eigenvalue weighted by molar-refractivity contribution is 5.86. The summed E-state index contributed by atoms with van der Waals surface area (Å²) in [4.78, 5) is 3.69. The average Bonchev–Trinajstić information content (AvgIpc) is 3.13. The molecule has 5 rings (SSSR count). The largest absolute Gasteiger partial charge is 0.497 e. The molecule has 0 saturated heterocycles. The molecule has 3 heteroatoms. The first-order valence-corrected chi connectivity index (χ1v) is 10.4. The molecule has 1 aliphatic carbocycles. The number of benzene rings is 2. The van der Waals surface area contributed by atoms with Crippen LogP contribution in [0.25, 0.3) is 16.5 Å². The first-order valence-electron chi connectivity index (χ1n) is 10.4. The highest BCUT2D eigenvalue weighted by Gasteiger charge is 2.33. The highest BCUT2D eigenvalue weighted by Crippen LogP contribution is 2.42. The van der Waals surface area contributed by atoms with Crippen LogP contribution >= 0.6 is 0 Å². The molecular formula is C25H28N2O. The SMILES string of the molecule is COc1ccc2c3c([nH]c2c1)C(C)CC(C1CC(c2ccccc2)=CCN1)C3. The Kier molecular flexibility index (Phi) is 4.48. The van der Waals surface area contributed by atoms with Crippen molar-refractivity contribution in [1.29, 1.82) is 0 Å². The summed E-state index contributed by atoms with van der Waals surface area (Å²) >= 11 is 0. The van der Waals surface area contributed by atoms with Crippen LogP contribution in [0.4, 0.5) is 0 Å². The fraction of sp³-hybridized carbons (Fsp3) is 0.360. The maximum Gasteiger partial charge on any atom is 0.120 e. The lowest BCUT2D eigenvalue weighted by atomic mass is 9.74. The van der Waals surface area contributed by atoms with Crippen LogP contribution in [0.1, 0.15) is 42.5 Å². The quantitative estimate of drug-likeness (QED) is 0.656. The van der Waals surface area contributed by atoms with Crippen molar-refractivity contribution >= 4 is 16.5 Å². The van der Waals surface area contributed by atoms with Crippen molar-refractivity contribution in [2.24, 2.45) is 5.92 Å². The molecule has 0 spiro atoms. The van der Waals surface area contributed by atoms with Gasteiger partial charge in [0.15, 0.2) is 0 Å². The molecule has 28 heavy (non-hydrogen) atoms.